The molecule has 100 valence electrons. The SMILES string of the molecule is CNCc1cccc(CN2CCc3sccc3C2)c1. The first-order chi connectivity index (χ1) is 9.35. The molecule has 1 aliphatic heterocycles. The van der Waals surface area contributed by atoms with Gasteiger partial charge >= 0.3 is 0 Å². The zero-order valence-electron chi connectivity index (χ0n) is 11.4. The molecule has 0 unspecified atom stereocenters. The summed E-state index contributed by atoms with van der Waals surface area (Å²) in [6.45, 7) is 4.30. The first-order valence-electron chi connectivity index (χ1n) is 6.85. The number of rotatable bonds is 4. The first kappa shape index (κ1) is 12.9. The molecule has 2 nitrogen and oxygen atoms in total. The summed E-state index contributed by atoms with van der Waals surface area (Å²) < 4.78 is 0. The summed E-state index contributed by atoms with van der Waals surface area (Å²) in [6, 6.07) is 11.2. The van der Waals surface area contributed by atoms with Crippen molar-refractivity contribution in [2.24, 2.45) is 0 Å². The lowest BCUT2D eigenvalue weighted by Crippen LogP contribution is -2.29. The minimum atomic E-state index is 0.947. The van der Waals surface area contributed by atoms with Crippen LogP contribution in [-0.4, -0.2) is 18.5 Å². The molecule has 19 heavy (non-hydrogen) atoms. The molecule has 0 atom stereocenters. The van der Waals surface area contributed by atoms with Crippen LogP contribution in [0.3, 0.4) is 0 Å². The molecule has 0 radical (unpaired) electrons. The molecule has 0 spiro atoms. The van der Waals surface area contributed by atoms with Gasteiger partial charge in [-0.25, -0.2) is 0 Å². The Morgan fingerprint density at radius 3 is 3.05 bits per heavy atom. The van der Waals surface area contributed by atoms with E-state index in [1.54, 1.807) is 4.88 Å². The number of benzene rings is 1. The fraction of sp³-hybridized carbons (Fsp3) is 0.375. The van der Waals surface area contributed by atoms with Gasteiger partial charge < -0.3 is 5.32 Å². The van der Waals surface area contributed by atoms with Gasteiger partial charge in [0.25, 0.3) is 0 Å². The van der Waals surface area contributed by atoms with Gasteiger partial charge in [-0.1, -0.05) is 24.3 Å². The molecule has 2 heterocycles. The fourth-order valence-electron chi connectivity index (χ4n) is 2.74. The van der Waals surface area contributed by atoms with Gasteiger partial charge in [0, 0.05) is 31.1 Å². The number of fused-ring (bicyclic) bond motifs is 1. The Labute approximate surface area is 119 Å². The van der Waals surface area contributed by atoms with Gasteiger partial charge in [-0.2, -0.15) is 0 Å². The maximum absolute atomic E-state index is 3.21. The third kappa shape index (κ3) is 3.06. The van der Waals surface area contributed by atoms with E-state index < -0.39 is 0 Å². The van der Waals surface area contributed by atoms with E-state index in [0.29, 0.717) is 0 Å². The highest BCUT2D eigenvalue weighted by atomic mass is 32.1. The standard InChI is InChI=1S/C16H20N2S/c1-17-10-13-3-2-4-14(9-13)11-18-7-5-16-15(12-18)6-8-19-16/h2-4,6,8-9,17H,5,7,10-12H2,1H3. The van der Waals surface area contributed by atoms with E-state index in [4.69, 9.17) is 0 Å². The lowest BCUT2D eigenvalue weighted by molar-refractivity contribution is 0.247. The van der Waals surface area contributed by atoms with Crippen molar-refractivity contribution in [3.63, 3.8) is 0 Å². The molecule has 1 aliphatic rings. The molecule has 2 aromatic rings. The van der Waals surface area contributed by atoms with Crippen molar-refractivity contribution < 1.29 is 0 Å². The molecule has 1 aromatic carbocycles. The van der Waals surface area contributed by atoms with Gasteiger partial charge in [0.05, 0.1) is 0 Å². The Morgan fingerprint density at radius 1 is 1.26 bits per heavy atom. The molecule has 0 saturated carbocycles. The third-order valence-electron chi connectivity index (χ3n) is 3.67. The largest absolute Gasteiger partial charge is 0.316 e. The van der Waals surface area contributed by atoms with Crippen LogP contribution in [-0.2, 0) is 26.1 Å². The fourth-order valence-corrected chi connectivity index (χ4v) is 3.63. The lowest BCUT2D eigenvalue weighted by Gasteiger charge is -2.27. The molecule has 1 N–H and O–H groups in total. The van der Waals surface area contributed by atoms with E-state index in [1.807, 2.05) is 18.4 Å². The summed E-state index contributed by atoms with van der Waals surface area (Å²) in [5, 5.41) is 5.44. The zero-order valence-corrected chi connectivity index (χ0v) is 12.2. The number of nitrogens with one attached hydrogen (secondary N) is 1. The monoisotopic (exact) mass is 272 g/mol. The van der Waals surface area contributed by atoms with Crippen molar-refractivity contribution >= 4 is 11.3 Å². The Morgan fingerprint density at radius 2 is 2.16 bits per heavy atom. The highest BCUT2D eigenvalue weighted by Crippen LogP contribution is 2.25. The summed E-state index contributed by atoms with van der Waals surface area (Å²) in [7, 11) is 2.00. The quantitative estimate of drug-likeness (QED) is 0.920. The Bertz CT molecular complexity index is 547. The van der Waals surface area contributed by atoms with Crippen LogP contribution in [0.1, 0.15) is 21.6 Å². The van der Waals surface area contributed by atoms with Crippen LogP contribution in [0.4, 0.5) is 0 Å². The van der Waals surface area contributed by atoms with Crippen molar-refractivity contribution in [1.29, 1.82) is 0 Å². The molecule has 0 bridgehead atoms. The molecule has 0 saturated heterocycles. The maximum atomic E-state index is 3.21. The van der Waals surface area contributed by atoms with Crippen LogP contribution in [0.15, 0.2) is 35.7 Å². The molecule has 3 heteroatoms. The molecule has 1 aromatic heterocycles. The number of thiophene rings is 1. The average molecular weight is 272 g/mol. The number of nitrogens with zero attached hydrogens (tertiary/aromatic N) is 1. The normalized spacial score (nSPS) is 15.4. The van der Waals surface area contributed by atoms with Crippen LogP contribution >= 0.6 is 11.3 Å². The van der Waals surface area contributed by atoms with Gasteiger partial charge in [0.1, 0.15) is 0 Å². The van der Waals surface area contributed by atoms with Crippen LogP contribution in [0.2, 0.25) is 0 Å². The Kier molecular flexibility index (Phi) is 3.97. The molecular formula is C16H20N2S. The van der Waals surface area contributed by atoms with Gasteiger partial charge in [-0.3, -0.25) is 4.90 Å². The van der Waals surface area contributed by atoms with E-state index in [9.17, 15) is 0 Å². The predicted octanol–water partition coefficient (Wildman–Crippen LogP) is 3.03. The second-order valence-corrected chi connectivity index (χ2v) is 6.18. The second kappa shape index (κ2) is 5.87. The molecule has 0 amide bonds. The summed E-state index contributed by atoms with van der Waals surface area (Å²) in [4.78, 5) is 4.13. The zero-order chi connectivity index (χ0) is 13.1. The highest BCUT2D eigenvalue weighted by molar-refractivity contribution is 7.10. The molecule has 3 rings (SSSR count). The molecule has 0 fully saturated rings. The summed E-state index contributed by atoms with van der Waals surface area (Å²) in [5.74, 6) is 0. The van der Waals surface area contributed by atoms with E-state index in [-0.39, 0.29) is 0 Å². The smallest absolute Gasteiger partial charge is 0.0248 e. The predicted molar refractivity (Wildman–Crippen MR) is 81.3 cm³/mol. The Hall–Kier alpha value is -1.16. The average Bonchev–Trinajstić information content (AvgIpc) is 2.87. The van der Waals surface area contributed by atoms with E-state index in [1.165, 1.54) is 29.7 Å². The van der Waals surface area contributed by atoms with E-state index in [2.05, 4.69) is 45.9 Å². The van der Waals surface area contributed by atoms with Crippen LogP contribution < -0.4 is 5.32 Å². The Balaban J connectivity index is 1.67. The first-order valence-corrected chi connectivity index (χ1v) is 7.73. The number of hydrogen-bond donors (Lipinski definition) is 1. The van der Waals surface area contributed by atoms with Gasteiger partial charge in [-0.05, 0) is 41.6 Å². The highest BCUT2D eigenvalue weighted by Gasteiger charge is 2.17. The third-order valence-corrected chi connectivity index (χ3v) is 4.69. The van der Waals surface area contributed by atoms with Crippen LogP contribution in [0, 0.1) is 0 Å². The van der Waals surface area contributed by atoms with E-state index in [0.717, 1.165) is 19.6 Å². The van der Waals surface area contributed by atoms with Crippen LogP contribution in [0.25, 0.3) is 0 Å². The minimum absolute atomic E-state index is 0.947. The van der Waals surface area contributed by atoms with Gasteiger partial charge in [0.15, 0.2) is 0 Å². The van der Waals surface area contributed by atoms with Crippen molar-refractivity contribution in [2.75, 3.05) is 13.6 Å². The van der Waals surface area contributed by atoms with Crippen molar-refractivity contribution in [2.45, 2.75) is 26.1 Å². The number of hydrogen-bond acceptors (Lipinski definition) is 3. The molecular weight excluding hydrogens is 252 g/mol. The topological polar surface area (TPSA) is 15.3 Å². The van der Waals surface area contributed by atoms with Crippen molar-refractivity contribution in [3.8, 4) is 0 Å². The van der Waals surface area contributed by atoms with Crippen molar-refractivity contribution in [1.82, 2.24) is 10.2 Å². The maximum Gasteiger partial charge on any atom is 0.0248 e. The summed E-state index contributed by atoms with van der Waals surface area (Å²) in [5.41, 5.74) is 4.32. The minimum Gasteiger partial charge on any atom is -0.316 e. The van der Waals surface area contributed by atoms with Gasteiger partial charge in [-0.15, -0.1) is 11.3 Å². The summed E-state index contributed by atoms with van der Waals surface area (Å²) in [6.07, 6.45) is 1.21. The van der Waals surface area contributed by atoms with Crippen LogP contribution in [0.5, 0.6) is 0 Å². The summed E-state index contributed by atoms with van der Waals surface area (Å²) >= 11 is 1.91. The molecule has 0 aliphatic carbocycles. The van der Waals surface area contributed by atoms with Crippen molar-refractivity contribution in [3.05, 3.63) is 57.3 Å². The van der Waals surface area contributed by atoms with E-state index >= 15 is 0 Å². The second-order valence-electron chi connectivity index (χ2n) is 5.18. The van der Waals surface area contributed by atoms with Gasteiger partial charge in [0.2, 0.25) is 0 Å². The lowest BCUT2D eigenvalue weighted by atomic mass is 10.1.